The first-order valence-corrected chi connectivity index (χ1v) is 10.5. The van der Waals surface area contributed by atoms with E-state index < -0.39 is 38.5 Å². The lowest BCUT2D eigenvalue weighted by atomic mass is 10.1. The first kappa shape index (κ1) is 20.0. The van der Waals surface area contributed by atoms with Gasteiger partial charge in [0.1, 0.15) is 42.2 Å². The third-order valence-corrected chi connectivity index (χ3v) is 5.08. The van der Waals surface area contributed by atoms with Gasteiger partial charge >= 0.3 is 7.60 Å². The monoisotopic (exact) mass is 422 g/mol. The fourth-order valence-corrected chi connectivity index (χ4v) is 3.57. The summed E-state index contributed by atoms with van der Waals surface area (Å²) in [5.74, 6) is 0. The van der Waals surface area contributed by atoms with Gasteiger partial charge in [-0.05, 0) is 0 Å². The molecule has 12 heteroatoms. The Morgan fingerprint density at radius 2 is 1.86 bits per heavy atom. The minimum atomic E-state index is -4.34. The van der Waals surface area contributed by atoms with Gasteiger partial charge in [-0.3, -0.25) is 9.13 Å². The van der Waals surface area contributed by atoms with Crippen molar-refractivity contribution in [2.45, 2.75) is 24.5 Å². The molecule has 11 nitrogen and oxygen atoms in total. The Morgan fingerprint density at radius 1 is 1.10 bits per heavy atom. The van der Waals surface area contributed by atoms with Crippen LogP contribution in [0.3, 0.4) is 0 Å². The Morgan fingerprint density at radius 3 is 2.59 bits per heavy atom. The summed E-state index contributed by atoms with van der Waals surface area (Å²) in [6, 6.07) is 9.42. The van der Waals surface area contributed by atoms with E-state index >= 15 is 0 Å². The second kappa shape index (κ2) is 7.88. The first-order valence-electron chi connectivity index (χ1n) is 8.72. The molecule has 0 spiro atoms. The van der Waals surface area contributed by atoms with E-state index in [4.69, 9.17) is 19.3 Å². The predicted molar refractivity (Wildman–Crippen MR) is 99.5 cm³/mol. The summed E-state index contributed by atoms with van der Waals surface area (Å²) in [6.07, 6.45) is -2.60. The van der Waals surface area contributed by atoms with Crippen molar-refractivity contribution in [3.05, 3.63) is 43.0 Å². The van der Waals surface area contributed by atoms with Crippen LogP contribution in [-0.4, -0.2) is 70.8 Å². The van der Waals surface area contributed by atoms with Crippen molar-refractivity contribution in [2.75, 3.05) is 13.0 Å². The van der Waals surface area contributed by atoms with Crippen LogP contribution in [0.15, 0.2) is 43.0 Å². The van der Waals surface area contributed by atoms with Crippen LogP contribution in [0.5, 0.6) is 0 Å². The van der Waals surface area contributed by atoms with Gasteiger partial charge in [0.05, 0.1) is 12.9 Å². The smallest absolute Gasteiger partial charge is 0.350 e. The van der Waals surface area contributed by atoms with Crippen molar-refractivity contribution in [1.82, 2.24) is 19.5 Å². The standard InChI is InChI=1S/C17H19N4O7P/c22-14-11(6-27-9-29(24,25)26)28-17(15(14)23)21-8-20-13-12(18-7-19-16(13)21)10-4-2-1-3-5-10/h1-5,7-8,11,14-15,17,22-23H,6,9H2,(H2,24,25,26)/t11-,14-,15-,17-/m1/s1. The number of hydrogen-bond donors (Lipinski definition) is 4. The van der Waals surface area contributed by atoms with Crippen LogP contribution >= 0.6 is 7.60 Å². The highest BCUT2D eigenvalue weighted by Crippen LogP contribution is 2.36. The van der Waals surface area contributed by atoms with E-state index in [2.05, 4.69) is 15.0 Å². The average Bonchev–Trinajstić information content (AvgIpc) is 3.24. The molecule has 1 aliphatic rings. The van der Waals surface area contributed by atoms with Crippen LogP contribution in [0.25, 0.3) is 22.4 Å². The zero-order valence-corrected chi connectivity index (χ0v) is 15.9. The predicted octanol–water partition coefficient (Wildman–Crippen LogP) is 0.264. The van der Waals surface area contributed by atoms with E-state index in [1.54, 1.807) is 0 Å². The summed E-state index contributed by atoms with van der Waals surface area (Å²) < 4.78 is 23.0. The van der Waals surface area contributed by atoms with Crippen LogP contribution in [0.1, 0.15) is 6.23 Å². The van der Waals surface area contributed by atoms with Gasteiger partial charge in [0.2, 0.25) is 0 Å². The van der Waals surface area contributed by atoms with Crippen LogP contribution in [0.2, 0.25) is 0 Å². The average molecular weight is 422 g/mol. The number of aliphatic hydroxyl groups is 2. The highest BCUT2D eigenvalue weighted by Gasteiger charge is 2.44. The minimum Gasteiger partial charge on any atom is -0.387 e. The van der Waals surface area contributed by atoms with Crippen LogP contribution in [0, 0.1) is 0 Å². The molecular formula is C17H19N4O7P. The second-order valence-corrected chi connectivity index (χ2v) is 8.21. The fourth-order valence-electron chi connectivity index (χ4n) is 3.23. The van der Waals surface area contributed by atoms with Crippen LogP contribution < -0.4 is 0 Å². The molecule has 1 aromatic carbocycles. The van der Waals surface area contributed by atoms with Gasteiger partial charge in [0.15, 0.2) is 11.9 Å². The lowest BCUT2D eigenvalue weighted by Crippen LogP contribution is -2.33. The van der Waals surface area contributed by atoms with Crippen molar-refractivity contribution < 1.29 is 34.0 Å². The molecule has 1 fully saturated rings. The molecule has 4 atom stereocenters. The SMILES string of the molecule is O=P(O)(O)COC[C@H]1O[C@@H](n2cnc3c(-c4ccccc4)ncnc32)[C@H](O)[C@@H]1O. The van der Waals surface area contributed by atoms with Crippen LogP contribution in [0.4, 0.5) is 0 Å². The lowest BCUT2D eigenvalue weighted by Gasteiger charge is -2.16. The Balaban J connectivity index is 1.59. The third-order valence-electron chi connectivity index (χ3n) is 4.56. The van der Waals surface area contributed by atoms with Crippen molar-refractivity contribution in [1.29, 1.82) is 0 Å². The molecule has 154 valence electrons. The maximum absolute atomic E-state index is 10.9. The highest BCUT2D eigenvalue weighted by molar-refractivity contribution is 7.51. The quantitative estimate of drug-likeness (QED) is 0.406. The van der Waals surface area contributed by atoms with Crippen molar-refractivity contribution >= 4 is 18.8 Å². The maximum atomic E-state index is 10.9. The molecule has 2 aromatic heterocycles. The van der Waals surface area contributed by atoms with E-state index in [1.807, 2.05) is 30.3 Å². The summed E-state index contributed by atoms with van der Waals surface area (Å²) >= 11 is 0. The van der Waals surface area contributed by atoms with Gasteiger partial charge in [-0.1, -0.05) is 30.3 Å². The molecule has 1 aliphatic heterocycles. The zero-order chi connectivity index (χ0) is 20.6. The first-order chi connectivity index (χ1) is 13.8. The molecule has 3 heterocycles. The molecule has 3 aromatic rings. The number of ether oxygens (including phenoxy) is 2. The molecule has 0 bridgehead atoms. The lowest BCUT2D eigenvalue weighted by molar-refractivity contribution is -0.0612. The zero-order valence-electron chi connectivity index (χ0n) is 15.0. The molecular weight excluding hydrogens is 403 g/mol. The number of benzene rings is 1. The van der Waals surface area contributed by atoms with Gasteiger partial charge in [-0.15, -0.1) is 0 Å². The Hall–Kier alpha value is -2.24. The molecule has 4 N–H and O–H groups in total. The summed E-state index contributed by atoms with van der Waals surface area (Å²) in [7, 11) is -4.34. The highest BCUT2D eigenvalue weighted by atomic mass is 31.2. The Bertz CT molecular complexity index is 1040. The summed E-state index contributed by atoms with van der Waals surface area (Å²) in [6.45, 7) is -0.295. The molecule has 0 aliphatic carbocycles. The molecule has 1 saturated heterocycles. The second-order valence-electron chi connectivity index (χ2n) is 6.62. The van der Waals surface area contributed by atoms with Gasteiger partial charge in [-0.25, -0.2) is 15.0 Å². The number of nitrogens with zero attached hydrogens (tertiary/aromatic N) is 4. The molecule has 0 amide bonds. The molecule has 0 unspecified atom stereocenters. The van der Waals surface area contributed by atoms with Crippen molar-refractivity contribution in [3.8, 4) is 11.3 Å². The summed E-state index contributed by atoms with van der Waals surface area (Å²) in [5, 5.41) is 20.7. The topological polar surface area (TPSA) is 160 Å². The van der Waals surface area contributed by atoms with E-state index in [0.717, 1.165) is 5.56 Å². The van der Waals surface area contributed by atoms with E-state index in [9.17, 15) is 14.8 Å². The number of aromatic nitrogens is 4. The Labute approximate surface area is 164 Å². The van der Waals surface area contributed by atoms with Crippen molar-refractivity contribution in [3.63, 3.8) is 0 Å². The third kappa shape index (κ3) is 4.07. The normalized spacial score (nSPS) is 25.0. The number of fused-ring (bicyclic) bond motifs is 1. The molecule has 4 rings (SSSR count). The maximum Gasteiger partial charge on any atom is 0.350 e. The van der Waals surface area contributed by atoms with Crippen molar-refractivity contribution in [2.24, 2.45) is 0 Å². The number of imidazole rings is 1. The van der Waals surface area contributed by atoms with E-state index in [1.165, 1.54) is 17.2 Å². The number of hydrogen-bond acceptors (Lipinski definition) is 8. The van der Waals surface area contributed by atoms with Crippen LogP contribution in [-0.2, 0) is 14.0 Å². The van der Waals surface area contributed by atoms with Gasteiger partial charge in [0.25, 0.3) is 0 Å². The largest absolute Gasteiger partial charge is 0.387 e. The van der Waals surface area contributed by atoms with E-state index in [0.29, 0.717) is 16.9 Å². The molecule has 0 radical (unpaired) electrons. The molecule has 0 saturated carbocycles. The van der Waals surface area contributed by atoms with Gasteiger partial charge in [-0.2, -0.15) is 0 Å². The van der Waals surface area contributed by atoms with Gasteiger partial charge in [0, 0.05) is 5.56 Å². The number of rotatable bonds is 6. The fraction of sp³-hybridized carbons (Fsp3) is 0.353. The van der Waals surface area contributed by atoms with Gasteiger partial charge < -0.3 is 29.5 Å². The molecule has 29 heavy (non-hydrogen) atoms. The Kier molecular flexibility index (Phi) is 5.45. The summed E-state index contributed by atoms with van der Waals surface area (Å²) in [5.41, 5.74) is 2.38. The van der Waals surface area contributed by atoms with E-state index in [-0.39, 0.29) is 6.61 Å². The summed E-state index contributed by atoms with van der Waals surface area (Å²) in [4.78, 5) is 30.6. The minimum absolute atomic E-state index is 0.295. The number of aliphatic hydroxyl groups excluding tert-OH is 2.